The van der Waals surface area contributed by atoms with Gasteiger partial charge < -0.3 is 15.3 Å². The third-order valence-corrected chi connectivity index (χ3v) is 3.60. The number of amides is 2. The molecule has 2 unspecified atom stereocenters. The van der Waals surface area contributed by atoms with Crippen molar-refractivity contribution < 1.29 is 19.5 Å². The normalized spacial score (nSPS) is 13.6. The number of carbonyl (C=O) groups is 3. The van der Waals surface area contributed by atoms with E-state index in [1.165, 1.54) is 23.6 Å². The Kier molecular flexibility index (Phi) is 7.77. The van der Waals surface area contributed by atoms with Crippen molar-refractivity contribution in [2.45, 2.75) is 18.3 Å². The van der Waals surface area contributed by atoms with Gasteiger partial charge in [0.05, 0.1) is 0 Å². The fourth-order valence-electron chi connectivity index (χ4n) is 1.06. The van der Waals surface area contributed by atoms with Gasteiger partial charge in [0.1, 0.15) is 11.4 Å². The SMILES string of the molecule is CC(=O)NC(CSCC(Cl)C(=O)N(C)C)C(=O)O. The molecule has 2 amide bonds. The van der Waals surface area contributed by atoms with Gasteiger partial charge in [-0.05, 0) is 0 Å². The van der Waals surface area contributed by atoms with Crippen LogP contribution in [0.3, 0.4) is 0 Å². The molecule has 0 aliphatic heterocycles. The lowest BCUT2D eigenvalue weighted by molar-refractivity contribution is -0.140. The molecule has 8 heteroatoms. The molecule has 0 aromatic heterocycles. The van der Waals surface area contributed by atoms with Gasteiger partial charge in [-0.25, -0.2) is 4.79 Å². The van der Waals surface area contributed by atoms with Crippen LogP contribution >= 0.6 is 23.4 Å². The largest absolute Gasteiger partial charge is 0.480 e. The fourth-order valence-corrected chi connectivity index (χ4v) is 2.47. The van der Waals surface area contributed by atoms with Gasteiger partial charge in [0.15, 0.2) is 0 Å². The molecule has 0 radical (unpaired) electrons. The molecule has 0 aromatic carbocycles. The van der Waals surface area contributed by atoms with E-state index in [2.05, 4.69) is 5.32 Å². The molecule has 0 bridgehead atoms. The number of hydrogen-bond donors (Lipinski definition) is 2. The van der Waals surface area contributed by atoms with E-state index in [9.17, 15) is 14.4 Å². The summed E-state index contributed by atoms with van der Waals surface area (Å²) in [5, 5.41) is 10.5. The number of halogens is 1. The highest BCUT2D eigenvalue weighted by Gasteiger charge is 2.21. The van der Waals surface area contributed by atoms with Crippen LogP contribution in [-0.2, 0) is 14.4 Å². The van der Waals surface area contributed by atoms with E-state index >= 15 is 0 Å². The minimum atomic E-state index is -1.11. The van der Waals surface area contributed by atoms with Gasteiger partial charge in [0.25, 0.3) is 0 Å². The van der Waals surface area contributed by atoms with Crippen LogP contribution in [-0.4, -0.2) is 64.8 Å². The van der Waals surface area contributed by atoms with Crippen LogP contribution < -0.4 is 5.32 Å². The number of alkyl halides is 1. The van der Waals surface area contributed by atoms with Crippen LogP contribution in [0, 0.1) is 0 Å². The molecule has 2 N–H and O–H groups in total. The maximum Gasteiger partial charge on any atom is 0.327 e. The Morgan fingerprint density at radius 1 is 1.33 bits per heavy atom. The minimum absolute atomic E-state index is 0.166. The van der Waals surface area contributed by atoms with Gasteiger partial charge in [-0.15, -0.1) is 11.6 Å². The van der Waals surface area contributed by atoms with Crippen molar-refractivity contribution in [1.29, 1.82) is 0 Å². The van der Waals surface area contributed by atoms with E-state index in [1.54, 1.807) is 14.1 Å². The summed E-state index contributed by atoms with van der Waals surface area (Å²) in [7, 11) is 3.19. The van der Waals surface area contributed by atoms with Gasteiger partial charge in [-0.2, -0.15) is 11.8 Å². The number of nitrogens with zero attached hydrogens (tertiary/aromatic N) is 1. The third kappa shape index (κ3) is 6.70. The Morgan fingerprint density at radius 2 is 1.89 bits per heavy atom. The Morgan fingerprint density at radius 3 is 2.28 bits per heavy atom. The highest BCUT2D eigenvalue weighted by molar-refractivity contribution is 7.99. The lowest BCUT2D eigenvalue weighted by atomic mass is 10.3. The zero-order valence-corrected chi connectivity index (χ0v) is 12.0. The molecule has 18 heavy (non-hydrogen) atoms. The average Bonchev–Trinajstić information content (AvgIpc) is 2.25. The molecule has 0 fully saturated rings. The van der Waals surface area contributed by atoms with Crippen molar-refractivity contribution >= 4 is 41.1 Å². The first-order valence-electron chi connectivity index (χ1n) is 5.18. The first-order valence-corrected chi connectivity index (χ1v) is 6.77. The first-order chi connectivity index (χ1) is 8.25. The number of nitrogens with one attached hydrogen (secondary N) is 1. The summed E-state index contributed by atoms with van der Waals surface area (Å²) in [4.78, 5) is 34.4. The molecule has 0 rings (SSSR count). The number of carboxylic acids is 1. The average molecular weight is 297 g/mol. The Balaban J connectivity index is 4.10. The number of aliphatic carboxylic acids is 1. The number of rotatable bonds is 7. The lowest BCUT2D eigenvalue weighted by Crippen LogP contribution is -2.41. The molecule has 104 valence electrons. The van der Waals surface area contributed by atoms with Crippen molar-refractivity contribution in [3.8, 4) is 0 Å². The van der Waals surface area contributed by atoms with E-state index < -0.39 is 23.3 Å². The molecule has 2 atom stereocenters. The van der Waals surface area contributed by atoms with E-state index in [0.717, 1.165) is 0 Å². The van der Waals surface area contributed by atoms with Gasteiger partial charge in [0.2, 0.25) is 11.8 Å². The molecule has 0 aliphatic rings. The van der Waals surface area contributed by atoms with E-state index in [4.69, 9.17) is 16.7 Å². The van der Waals surface area contributed by atoms with Crippen molar-refractivity contribution in [1.82, 2.24) is 10.2 Å². The second-order valence-corrected chi connectivity index (χ2v) is 5.43. The maximum atomic E-state index is 11.4. The third-order valence-electron chi connectivity index (χ3n) is 1.93. The first kappa shape index (κ1) is 17.1. The van der Waals surface area contributed by atoms with E-state index in [-0.39, 0.29) is 11.7 Å². The molecule has 0 saturated carbocycles. The summed E-state index contributed by atoms with van der Waals surface area (Å²) in [6.07, 6.45) is 0. The Bertz CT molecular complexity index is 325. The van der Waals surface area contributed by atoms with Crippen LogP contribution in [0.15, 0.2) is 0 Å². The van der Waals surface area contributed by atoms with Gasteiger partial charge in [0, 0.05) is 32.5 Å². The maximum absolute atomic E-state index is 11.4. The molecule has 0 aromatic rings. The number of thioether (sulfide) groups is 1. The zero-order chi connectivity index (χ0) is 14.3. The van der Waals surface area contributed by atoms with Gasteiger partial charge in [-0.3, -0.25) is 9.59 Å². The number of hydrogen-bond acceptors (Lipinski definition) is 4. The standard InChI is InChI=1S/C10H17ClN2O4S/c1-6(14)12-8(10(16)17)5-18-4-7(11)9(15)13(2)3/h7-8H,4-5H2,1-3H3,(H,12,14)(H,16,17). The van der Waals surface area contributed by atoms with Crippen molar-refractivity contribution in [2.75, 3.05) is 25.6 Å². The van der Waals surface area contributed by atoms with Gasteiger partial charge in [-0.1, -0.05) is 0 Å². The van der Waals surface area contributed by atoms with E-state index in [0.29, 0.717) is 5.75 Å². The van der Waals surface area contributed by atoms with E-state index in [1.807, 2.05) is 0 Å². The topological polar surface area (TPSA) is 86.7 Å². The number of carboxylic acid groups (broad SMARTS) is 1. The molecule has 0 heterocycles. The van der Waals surface area contributed by atoms with Crippen molar-refractivity contribution in [3.63, 3.8) is 0 Å². The molecule has 0 aliphatic carbocycles. The summed E-state index contributed by atoms with van der Waals surface area (Å²) in [5.41, 5.74) is 0. The second kappa shape index (κ2) is 8.20. The Labute approximate surface area is 115 Å². The lowest BCUT2D eigenvalue weighted by Gasteiger charge is -2.16. The predicted molar refractivity (Wildman–Crippen MR) is 70.9 cm³/mol. The quantitative estimate of drug-likeness (QED) is 0.646. The summed E-state index contributed by atoms with van der Waals surface area (Å²) < 4.78 is 0. The molecular formula is C10H17ClN2O4S. The van der Waals surface area contributed by atoms with Crippen LogP contribution in [0.4, 0.5) is 0 Å². The summed E-state index contributed by atoms with van der Waals surface area (Å²) in [6.45, 7) is 1.25. The smallest absolute Gasteiger partial charge is 0.327 e. The highest BCUT2D eigenvalue weighted by atomic mass is 35.5. The Hall–Kier alpha value is -0.950. The van der Waals surface area contributed by atoms with Crippen molar-refractivity contribution in [3.05, 3.63) is 0 Å². The van der Waals surface area contributed by atoms with Crippen molar-refractivity contribution in [2.24, 2.45) is 0 Å². The molecule has 0 spiro atoms. The monoisotopic (exact) mass is 296 g/mol. The summed E-state index contributed by atoms with van der Waals surface area (Å²) in [6, 6.07) is -0.967. The van der Waals surface area contributed by atoms with Crippen LogP contribution in [0.25, 0.3) is 0 Å². The second-order valence-electron chi connectivity index (χ2n) is 3.83. The summed E-state index contributed by atoms with van der Waals surface area (Å²) in [5.74, 6) is -1.28. The van der Waals surface area contributed by atoms with Crippen LogP contribution in [0.1, 0.15) is 6.92 Å². The molecular weight excluding hydrogens is 280 g/mol. The fraction of sp³-hybridized carbons (Fsp3) is 0.700. The predicted octanol–water partition coefficient (Wildman–Crippen LogP) is 0.00450. The van der Waals surface area contributed by atoms with Gasteiger partial charge >= 0.3 is 5.97 Å². The molecule has 0 saturated heterocycles. The van der Waals surface area contributed by atoms with Crippen LogP contribution in [0.2, 0.25) is 0 Å². The number of carbonyl (C=O) groups excluding carboxylic acids is 2. The highest BCUT2D eigenvalue weighted by Crippen LogP contribution is 2.11. The zero-order valence-electron chi connectivity index (χ0n) is 10.5. The molecule has 6 nitrogen and oxygen atoms in total. The minimum Gasteiger partial charge on any atom is -0.480 e. The summed E-state index contributed by atoms with van der Waals surface area (Å²) >= 11 is 7.06. The van der Waals surface area contributed by atoms with Crippen LogP contribution in [0.5, 0.6) is 0 Å².